The number of carbonyl (C=O) groups excluding carboxylic acids is 1. The second-order valence-electron chi connectivity index (χ2n) is 9.24. The van der Waals surface area contributed by atoms with Crippen LogP contribution in [-0.2, 0) is 7.05 Å². The standard InChI is InChI=1S/C22H28ClFN4O3/c1-10(2)22(31)9-12-6-11(7-14(12)19(22)29)18-17(20(25)28(3)27-18)21(30)26-13-4-5-16(24)15(23)8-13/h4-5,8,10-12,14,19,29,31H,6-7,9,25H2,1-3H3,(H,26,30)/t11-,12?,14-,19?,22?/m1/s1. The largest absolute Gasteiger partial charge is 0.390 e. The predicted octanol–water partition coefficient (Wildman–Crippen LogP) is 3.31. The summed E-state index contributed by atoms with van der Waals surface area (Å²) in [5.41, 5.74) is 6.31. The van der Waals surface area contributed by atoms with E-state index >= 15 is 0 Å². The van der Waals surface area contributed by atoms with Gasteiger partial charge in [-0.2, -0.15) is 5.10 Å². The number of hydrogen-bond donors (Lipinski definition) is 4. The summed E-state index contributed by atoms with van der Waals surface area (Å²) in [6.07, 6.45) is 1.07. The SMILES string of the molecule is CC(C)C1(O)CC2C[C@@H](c3nn(C)c(N)c3C(=O)Nc3ccc(F)c(Cl)c3)C[C@H]2C1O. The normalized spacial score (nSPS) is 30.1. The molecule has 1 amide bonds. The first-order valence-electron chi connectivity index (χ1n) is 10.5. The third-order valence-corrected chi connectivity index (χ3v) is 7.46. The van der Waals surface area contributed by atoms with E-state index in [4.69, 9.17) is 17.3 Å². The van der Waals surface area contributed by atoms with Gasteiger partial charge in [-0.05, 0) is 55.2 Å². The average Bonchev–Trinajstić information content (AvgIpc) is 3.31. The van der Waals surface area contributed by atoms with E-state index in [0.717, 1.165) is 6.42 Å². The van der Waals surface area contributed by atoms with Gasteiger partial charge in [0.05, 0.1) is 22.4 Å². The van der Waals surface area contributed by atoms with Crippen LogP contribution in [0.2, 0.25) is 5.02 Å². The number of aliphatic hydroxyl groups is 2. The zero-order valence-electron chi connectivity index (χ0n) is 17.8. The summed E-state index contributed by atoms with van der Waals surface area (Å²) in [6.45, 7) is 3.84. The topological polar surface area (TPSA) is 113 Å². The van der Waals surface area contributed by atoms with Crippen molar-refractivity contribution < 1.29 is 19.4 Å². The number of hydrogen-bond acceptors (Lipinski definition) is 5. The third-order valence-electron chi connectivity index (χ3n) is 7.17. The lowest BCUT2D eigenvalue weighted by Gasteiger charge is -2.33. The fourth-order valence-corrected chi connectivity index (χ4v) is 5.52. The molecule has 0 radical (unpaired) electrons. The summed E-state index contributed by atoms with van der Waals surface area (Å²) < 4.78 is 14.9. The molecule has 3 unspecified atom stereocenters. The molecule has 0 bridgehead atoms. The highest BCUT2D eigenvalue weighted by atomic mass is 35.5. The Balaban J connectivity index is 1.58. The number of halogens is 2. The minimum Gasteiger partial charge on any atom is -0.390 e. The molecule has 1 aromatic carbocycles. The van der Waals surface area contributed by atoms with Crippen molar-refractivity contribution in [2.24, 2.45) is 24.8 Å². The van der Waals surface area contributed by atoms with E-state index in [1.807, 2.05) is 13.8 Å². The molecule has 0 aliphatic heterocycles. The van der Waals surface area contributed by atoms with Crippen LogP contribution in [0.5, 0.6) is 0 Å². The number of aryl methyl sites for hydroxylation is 1. The fraction of sp³-hybridized carbons (Fsp3) is 0.545. The molecule has 5 atom stereocenters. The van der Waals surface area contributed by atoms with Gasteiger partial charge < -0.3 is 21.3 Å². The second kappa shape index (κ2) is 7.76. The minimum absolute atomic E-state index is 0.0408. The Morgan fingerprint density at radius 3 is 2.74 bits per heavy atom. The van der Waals surface area contributed by atoms with Crippen LogP contribution < -0.4 is 11.1 Å². The summed E-state index contributed by atoms with van der Waals surface area (Å²) >= 11 is 5.82. The van der Waals surface area contributed by atoms with Gasteiger partial charge >= 0.3 is 0 Å². The first kappa shape index (κ1) is 22.0. The Morgan fingerprint density at radius 2 is 2.13 bits per heavy atom. The quantitative estimate of drug-likeness (QED) is 0.570. The number of aliphatic hydroxyl groups excluding tert-OH is 1. The maximum Gasteiger partial charge on any atom is 0.261 e. The molecule has 0 spiro atoms. The van der Waals surface area contributed by atoms with Gasteiger partial charge in [-0.25, -0.2) is 4.39 Å². The number of rotatable bonds is 4. The van der Waals surface area contributed by atoms with Crippen LogP contribution in [0, 0.1) is 23.6 Å². The summed E-state index contributed by atoms with van der Waals surface area (Å²) in [6, 6.07) is 3.94. The van der Waals surface area contributed by atoms with Crippen LogP contribution in [0.4, 0.5) is 15.9 Å². The minimum atomic E-state index is -1.08. The van der Waals surface area contributed by atoms with Gasteiger partial charge in [0.25, 0.3) is 5.91 Å². The highest BCUT2D eigenvalue weighted by molar-refractivity contribution is 6.31. The molecule has 2 fully saturated rings. The highest BCUT2D eigenvalue weighted by Gasteiger charge is 2.57. The third kappa shape index (κ3) is 3.60. The number of carbonyl (C=O) groups is 1. The van der Waals surface area contributed by atoms with Crippen molar-refractivity contribution in [3.63, 3.8) is 0 Å². The molecular formula is C22H28ClFN4O3. The molecule has 5 N–H and O–H groups in total. The summed E-state index contributed by atoms with van der Waals surface area (Å²) in [5, 5.41) is 28.9. The molecule has 7 nitrogen and oxygen atoms in total. The molecule has 31 heavy (non-hydrogen) atoms. The van der Waals surface area contributed by atoms with Gasteiger partial charge in [-0.15, -0.1) is 0 Å². The van der Waals surface area contributed by atoms with Gasteiger partial charge in [-0.3, -0.25) is 9.48 Å². The number of fused-ring (bicyclic) bond motifs is 1. The average molecular weight is 451 g/mol. The Labute approximate surface area is 185 Å². The Morgan fingerprint density at radius 1 is 1.42 bits per heavy atom. The van der Waals surface area contributed by atoms with Crippen LogP contribution in [0.1, 0.15) is 55.1 Å². The number of nitrogens with two attached hydrogens (primary N) is 1. The van der Waals surface area contributed by atoms with Gasteiger partial charge in [0, 0.05) is 18.7 Å². The van der Waals surface area contributed by atoms with Crippen molar-refractivity contribution in [3.05, 3.63) is 40.3 Å². The summed E-state index contributed by atoms with van der Waals surface area (Å²) in [5.74, 6) is -0.770. The molecule has 2 saturated carbocycles. The number of benzene rings is 1. The van der Waals surface area contributed by atoms with Crippen LogP contribution in [0.25, 0.3) is 0 Å². The zero-order valence-corrected chi connectivity index (χ0v) is 18.5. The van der Waals surface area contributed by atoms with Gasteiger partial charge in [-0.1, -0.05) is 25.4 Å². The molecule has 9 heteroatoms. The maximum absolute atomic E-state index is 13.4. The number of amides is 1. The molecule has 0 saturated heterocycles. The first-order valence-corrected chi connectivity index (χ1v) is 10.9. The van der Waals surface area contributed by atoms with Gasteiger partial charge in [0.1, 0.15) is 17.2 Å². The van der Waals surface area contributed by atoms with Crippen molar-refractivity contribution in [2.75, 3.05) is 11.1 Å². The van der Waals surface area contributed by atoms with Gasteiger partial charge in [0.2, 0.25) is 0 Å². The Kier molecular flexibility index (Phi) is 5.52. The second-order valence-corrected chi connectivity index (χ2v) is 9.65. The van der Waals surface area contributed by atoms with Crippen molar-refractivity contribution in [3.8, 4) is 0 Å². The van der Waals surface area contributed by atoms with Crippen LogP contribution >= 0.6 is 11.6 Å². The number of nitrogens with one attached hydrogen (secondary N) is 1. The lowest BCUT2D eigenvalue weighted by atomic mass is 9.82. The zero-order chi connectivity index (χ0) is 22.7. The molecule has 2 aliphatic rings. The van der Waals surface area contributed by atoms with E-state index in [1.54, 1.807) is 7.05 Å². The summed E-state index contributed by atoms with van der Waals surface area (Å²) in [4.78, 5) is 13.1. The van der Waals surface area contributed by atoms with E-state index in [0.29, 0.717) is 24.2 Å². The van der Waals surface area contributed by atoms with E-state index in [2.05, 4.69) is 10.4 Å². The number of nitrogens with zero attached hydrogens (tertiary/aromatic N) is 2. The fourth-order valence-electron chi connectivity index (χ4n) is 5.34. The monoisotopic (exact) mass is 450 g/mol. The Hall–Kier alpha value is -2.16. The molecule has 4 rings (SSSR count). The van der Waals surface area contributed by atoms with Gasteiger partial charge in [0.15, 0.2) is 0 Å². The van der Waals surface area contributed by atoms with E-state index in [-0.39, 0.29) is 40.1 Å². The highest BCUT2D eigenvalue weighted by Crippen LogP contribution is 2.55. The molecule has 168 valence electrons. The number of nitrogen functional groups attached to an aromatic ring is 1. The predicted molar refractivity (Wildman–Crippen MR) is 116 cm³/mol. The van der Waals surface area contributed by atoms with Crippen molar-refractivity contribution in [2.45, 2.75) is 50.7 Å². The lowest BCUT2D eigenvalue weighted by Crippen LogP contribution is -2.44. The lowest BCUT2D eigenvalue weighted by molar-refractivity contribution is -0.0980. The van der Waals surface area contributed by atoms with Crippen LogP contribution in [0.15, 0.2) is 18.2 Å². The smallest absolute Gasteiger partial charge is 0.261 e. The van der Waals surface area contributed by atoms with E-state index in [9.17, 15) is 19.4 Å². The van der Waals surface area contributed by atoms with Crippen LogP contribution in [-0.4, -0.2) is 37.6 Å². The summed E-state index contributed by atoms with van der Waals surface area (Å²) in [7, 11) is 1.67. The molecule has 2 aromatic rings. The van der Waals surface area contributed by atoms with E-state index in [1.165, 1.54) is 22.9 Å². The Bertz CT molecular complexity index is 1030. The van der Waals surface area contributed by atoms with Crippen molar-refractivity contribution >= 4 is 29.0 Å². The van der Waals surface area contributed by atoms with Crippen LogP contribution in [0.3, 0.4) is 0 Å². The molecular weight excluding hydrogens is 423 g/mol. The first-order chi connectivity index (χ1) is 14.5. The maximum atomic E-state index is 13.4. The van der Waals surface area contributed by atoms with Crippen molar-refractivity contribution in [1.82, 2.24) is 9.78 Å². The molecule has 1 heterocycles. The van der Waals surface area contributed by atoms with Crippen molar-refractivity contribution in [1.29, 1.82) is 0 Å². The molecule has 2 aliphatic carbocycles. The molecule has 1 aromatic heterocycles. The van der Waals surface area contributed by atoms with E-state index < -0.39 is 23.4 Å². The number of anilines is 2. The number of aromatic nitrogens is 2.